The number of benzene rings is 1. The molecule has 1 N–H and O–H groups in total. The van der Waals surface area contributed by atoms with E-state index in [1.165, 1.54) is 61.8 Å². The van der Waals surface area contributed by atoms with Crippen LogP contribution in [-0.4, -0.2) is 18.9 Å². The van der Waals surface area contributed by atoms with Crippen LogP contribution in [0.1, 0.15) is 76.7 Å². The predicted octanol–water partition coefficient (Wildman–Crippen LogP) is 7.59. The van der Waals surface area contributed by atoms with Gasteiger partial charge in [-0.2, -0.15) is 0 Å². The van der Waals surface area contributed by atoms with E-state index in [4.69, 9.17) is 4.84 Å². The van der Waals surface area contributed by atoms with Crippen molar-refractivity contribution < 1.29 is 9.63 Å². The Hall–Kier alpha value is -2.14. The van der Waals surface area contributed by atoms with Crippen LogP contribution in [0.3, 0.4) is 0 Å². The van der Waals surface area contributed by atoms with E-state index in [0.29, 0.717) is 13.0 Å². The predicted molar refractivity (Wildman–Crippen MR) is 128 cm³/mol. The van der Waals surface area contributed by atoms with E-state index in [0.717, 1.165) is 18.4 Å². The summed E-state index contributed by atoms with van der Waals surface area (Å²) >= 11 is 1.72. The third-order valence-electron chi connectivity index (χ3n) is 5.07. The van der Waals surface area contributed by atoms with Gasteiger partial charge >= 0.3 is 6.09 Å². The van der Waals surface area contributed by atoms with Gasteiger partial charge < -0.3 is 5.32 Å². The Morgan fingerprint density at radius 1 is 1.00 bits per heavy atom. The summed E-state index contributed by atoms with van der Waals surface area (Å²) in [5.74, 6) is 0. The number of hydrogen-bond acceptors (Lipinski definition) is 4. The lowest BCUT2D eigenvalue weighted by atomic mass is 10.1. The summed E-state index contributed by atoms with van der Waals surface area (Å²) in [6.45, 7) is 2.90. The van der Waals surface area contributed by atoms with Crippen molar-refractivity contribution in [3.63, 3.8) is 0 Å². The number of rotatable bonds is 15. The minimum Gasteiger partial charge on any atom is -0.320 e. The fraction of sp³-hybridized carbons (Fsp3) is 0.520. The molecule has 0 saturated heterocycles. The first kappa shape index (κ1) is 24.1. The topological polar surface area (TPSA) is 50.7 Å². The molecule has 0 unspecified atom stereocenters. The Morgan fingerprint density at radius 3 is 2.43 bits per heavy atom. The molecule has 2 aromatic rings. The number of nitrogens with one attached hydrogen (secondary N) is 1. The van der Waals surface area contributed by atoms with Gasteiger partial charge in [0.2, 0.25) is 0 Å². The van der Waals surface area contributed by atoms with Crippen molar-refractivity contribution in [3.8, 4) is 10.4 Å². The number of hydrogen-bond donors (Lipinski definition) is 1. The van der Waals surface area contributed by atoms with Crippen LogP contribution in [0.25, 0.3) is 10.4 Å². The number of oxime groups is 1. The van der Waals surface area contributed by atoms with Crippen LogP contribution in [0.15, 0.2) is 46.9 Å². The molecule has 30 heavy (non-hydrogen) atoms. The molecule has 0 aliphatic carbocycles. The number of unbranched alkanes of at least 4 members (excludes halogenated alkanes) is 9. The number of carbonyl (C=O) groups excluding carboxylic acids is 1. The maximum absolute atomic E-state index is 11.7. The second kappa shape index (κ2) is 15.7. The summed E-state index contributed by atoms with van der Waals surface area (Å²) in [7, 11) is 0. The van der Waals surface area contributed by atoms with Gasteiger partial charge in [-0.15, -0.1) is 11.3 Å². The van der Waals surface area contributed by atoms with E-state index in [-0.39, 0.29) is 0 Å². The smallest absolute Gasteiger partial charge is 0.320 e. The molecule has 5 heteroatoms. The number of nitrogens with zero attached hydrogens (tertiary/aromatic N) is 1. The van der Waals surface area contributed by atoms with Crippen molar-refractivity contribution >= 4 is 23.6 Å². The third kappa shape index (κ3) is 10.6. The van der Waals surface area contributed by atoms with Crippen molar-refractivity contribution in [2.45, 2.75) is 77.6 Å². The lowest BCUT2D eigenvalue weighted by molar-refractivity contribution is 0.151. The molecule has 0 radical (unpaired) electrons. The Balaban J connectivity index is 1.48. The number of amides is 1. The average Bonchev–Trinajstić information content (AvgIpc) is 3.30. The first-order valence-electron chi connectivity index (χ1n) is 11.4. The molecule has 0 atom stereocenters. The van der Waals surface area contributed by atoms with Gasteiger partial charge in [0.1, 0.15) is 0 Å². The molecule has 0 aliphatic rings. The molecule has 1 aromatic heterocycles. The van der Waals surface area contributed by atoms with Crippen molar-refractivity contribution in [3.05, 3.63) is 47.3 Å². The largest absolute Gasteiger partial charge is 0.433 e. The summed E-state index contributed by atoms with van der Waals surface area (Å²) in [4.78, 5) is 17.8. The van der Waals surface area contributed by atoms with E-state index < -0.39 is 6.09 Å². The minimum atomic E-state index is -0.477. The molecule has 164 valence electrons. The van der Waals surface area contributed by atoms with Crippen LogP contribution in [0, 0.1) is 0 Å². The molecule has 0 bridgehead atoms. The molecule has 0 spiro atoms. The molecule has 4 nitrogen and oxygen atoms in total. The molecule has 1 amide bonds. The summed E-state index contributed by atoms with van der Waals surface area (Å²) in [5, 5.41) is 8.63. The average molecular weight is 429 g/mol. The molecular weight excluding hydrogens is 392 g/mol. The summed E-state index contributed by atoms with van der Waals surface area (Å²) < 4.78 is 0. The SMILES string of the molecule is CCCCCCCCCCCCNC(=O)ON=CCc1cccc(-c2cccs2)c1. The van der Waals surface area contributed by atoms with Crippen LogP contribution in [0.5, 0.6) is 0 Å². The Bertz CT molecular complexity index is 729. The Kier molecular flexibility index (Phi) is 12.6. The fourth-order valence-electron chi connectivity index (χ4n) is 3.36. The van der Waals surface area contributed by atoms with E-state index >= 15 is 0 Å². The minimum absolute atomic E-state index is 0.477. The zero-order valence-corrected chi connectivity index (χ0v) is 19.1. The van der Waals surface area contributed by atoms with Gasteiger partial charge in [-0.3, -0.25) is 4.84 Å². The first-order chi connectivity index (χ1) is 14.8. The molecule has 0 fully saturated rings. The molecule has 1 aromatic carbocycles. The second-order valence-corrected chi connectivity index (χ2v) is 8.60. The molecular formula is C25H36N2O2S. The van der Waals surface area contributed by atoms with E-state index in [1.54, 1.807) is 17.6 Å². The molecule has 1 heterocycles. The van der Waals surface area contributed by atoms with Crippen LogP contribution in [0.2, 0.25) is 0 Å². The number of thiophene rings is 1. The summed E-state index contributed by atoms with van der Waals surface area (Å²) in [5.41, 5.74) is 2.34. The van der Waals surface area contributed by atoms with Crippen LogP contribution < -0.4 is 5.32 Å². The Labute approximate surface area is 185 Å². The van der Waals surface area contributed by atoms with Crippen molar-refractivity contribution in [1.82, 2.24) is 5.32 Å². The van der Waals surface area contributed by atoms with Crippen LogP contribution in [-0.2, 0) is 11.3 Å². The highest BCUT2D eigenvalue weighted by Crippen LogP contribution is 2.25. The zero-order chi connectivity index (χ0) is 21.3. The van der Waals surface area contributed by atoms with Crippen LogP contribution in [0.4, 0.5) is 4.79 Å². The van der Waals surface area contributed by atoms with E-state index in [9.17, 15) is 4.79 Å². The van der Waals surface area contributed by atoms with Gasteiger partial charge in [0.15, 0.2) is 0 Å². The standard InChI is InChI=1S/C25H36N2O2S/c1-2-3-4-5-6-7-8-9-10-11-18-26-25(28)29-27-19-17-22-14-12-15-23(21-22)24-16-13-20-30-24/h12-16,19-21H,2-11,17-18H2,1H3,(H,26,28). The van der Waals surface area contributed by atoms with Crippen molar-refractivity contribution in [1.29, 1.82) is 0 Å². The maximum atomic E-state index is 11.7. The number of carbonyl (C=O) groups is 1. The van der Waals surface area contributed by atoms with E-state index in [2.05, 4.69) is 53.1 Å². The van der Waals surface area contributed by atoms with Gasteiger partial charge in [0, 0.05) is 24.1 Å². The van der Waals surface area contributed by atoms with Gasteiger partial charge in [-0.05, 0) is 35.1 Å². The van der Waals surface area contributed by atoms with Gasteiger partial charge in [-0.1, -0.05) is 94.1 Å². The quantitative estimate of drug-likeness (QED) is 0.137. The third-order valence-corrected chi connectivity index (χ3v) is 5.99. The Morgan fingerprint density at radius 2 is 1.73 bits per heavy atom. The van der Waals surface area contributed by atoms with Crippen LogP contribution >= 0.6 is 11.3 Å². The second-order valence-electron chi connectivity index (χ2n) is 7.66. The maximum Gasteiger partial charge on any atom is 0.433 e. The highest BCUT2D eigenvalue weighted by molar-refractivity contribution is 7.13. The molecule has 2 rings (SSSR count). The van der Waals surface area contributed by atoms with Crippen molar-refractivity contribution in [2.75, 3.05) is 6.54 Å². The normalized spacial score (nSPS) is 11.1. The summed E-state index contributed by atoms with van der Waals surface area (Å²) in [6, 6.07) is 12.5. The zero-order valence-electron chi connectivity index (χ0n) is 18.3. The monoisotopic (exact) mass is 428 g/mol. The highest BCUT2D eigenvalue weighted by Gasteiger charge is 2.01. The lowest BCUT2D eigenvalue weighted by Crippen LogP contribution is -2.23. The van der Waals surface area contributed by atoms with Gasteiger partial charge in [-0.25, -0.2) is 4.79 Å². The summed E-state index contributed by atoms with van der Waals surface area (Å²) in [6.07, 6.45) is 14.6. The highest BCUT2D eigenvalue weighted by atomic mass is 32.1. The van der Waals surface area contributed by atoms with Gasteiger partial charge in [0.05, 0.1) is 0 Å². The molecule has 0 saturated carbocycles. The van der Waals surface area contributed by atoms with Gasteiger partial charge in [0.25, 0.3) is 0 Å². The van der Waals surface area contributed by atoms with Crippen molar-refractivity contribution in [2.24, 2.45) is 5.16 Å². The lowest BCUT2D eigenvalue weighted by Gasteiger charge is -2.04. The van der Waals surface area contributed by atoms with E-state index in [1.807, 2.05) is 6.07 Å². The molecule has 0 aliphatic heterocycles. The fourth-order valence-corrected chi connectivity index (χ4v) is 4.08. The first-order valence-corrected chi connectivity index (χ1v) is 12.3.